The van der Waals surface area contributed by atoms with E-state index in [1.54, 1.807) is 0 Å². The molecule has 372 valence electrons. The highest BCUT2D eigenvalue weighted by Gasteiger charge is 2.47. The van der Waals surface area contributed by atoms with Crippen LogP contribution in [0.3, 0.4) is 0 Å². The Morgan fingerprint density at radius 3 is 1.55 bits per heavy atom. The van der Waals surface area contributed by atoms with Crippen LogP contribution >= 0.6 is 0 Å². The van der Waals surface area contributed by atoms with Gasteiger partial charge in [0, 0.05) is 12.8 Å². The molecule has 2 heterocycles. The van der Waals surface area contributed by atoms with Crippen LogP contribution in [0.2, 0.25) is 0 Å². The fourth-order valence-corrected chi connectivity index (χ4v) is 7.50. The minimum Gasteiger partial charge on any atom is -0.462 e. The van der Waals surface area contributed by atoms with Crippen molar-refractivity contribution in [1.29, 1.82) is 0 Å². The minimum absolute atomic E-state index is 0.0586. The number of allylic oxidation sites excluding steroid dienone is 6. The van der Waals surface area contributed by atoms with Crippen LogP contribution in [0, 0.1) is 0 Å². The summed E-state index contributed by atoms with van der Waals surface area (Å²) >= 11 is 0. The second-order valence-electron chi connectivity index (χ2n) is 17.3. The first-order valence-electron chi connectivity index (χ1n) is 24.6. The normalized spacial score (nSPS) is 26.9. The van der Waals surface area contributed by atoms with Crippen molar-refractivity contribution in [2.45, 2.75) is 235 Å². The van der Waals surface area contributed by atoms with Gasteiger partial charge in [0.05, 0.1) is 19.8 Å². The number of aliphatic hydroxyl groups is 7. The fraction of sp³-hybridized carbons (Fsp3) is 0.837. The molecule has 2 fully saturated rings. The van der Waals surface area contributed by atoms with Crippen LogP contribution in [-0.4, -0.2) is 142 Å². The van der Waals surface area contributed by atoms with Crippen LogP contribution in [0.5, 0.6) is 0 Å². The predicted molar refractivity (Wildman–Crippen MR) is 243 cm³/mol. The number of rotatable bonds is 37. The summed E-state index contributed by atoms with van der Waals surface area (Å²) in [4.78, 5) is 25.6. The molecule has 0 aromatic rings. The minimum atomic E-state index is -1.77. The average Bonchev–Trinajstić information content (AvgIpc) is 3.29. The molecule has 0 bridgehead atoms. The molecule has 0 spiro atoms. The number of ether oxygens (including phenoxy) is 6. The standard InChI is InChI=1S/C49H86O15/c1-3-5-7-9-11-13-15-17-18-20-21-23-25-27-29-31-40(51)59-34-37(62-41(52)32-30-28-26-24-22-19-16-14-12-10-8-6-4-2)35-60-48-47(58)45(56)43(54)39(64-48)36-61-49-46(57)44(55)42(53)38(33-50)63-49/h13,15,19,22,26,28,37-39,42-50,53-58H,3-12,14,16-18,20-21,23-25,27,29-36H2,1-2H3/b15-13+,22-19+,28-26+/t37?,38-,39-,42+,43+,44?,45?,46?,47?,48-,49-/m1/s1. The molecule has 0 aliphatic carbocycles. The smallest absolute Gasteiger partial charge is 0.306 e. The number of carbonyl (C=O) groups excluding carboxylic acids is 2. The lowest BCUT2D eigenvalue weighted by atomic mass is 9.98. The van der Waals surface area contributed by atoms with Crippen molar-refractivity contribution >= 4 is 11.9 Å². The average molecular weight is 915 g/mol. The number of carbonyl (C=O) groups is 2. The molecule has 2 saturated heterocycles. The van der Waals surface area contributed by atoms with Crippen LogP contribution in [0.25, 0.3) is 0 Å². The van der Waals surface area contributed by atoms with E-state index in [1.165, 1.54) is 83.5 Å². The van der Waals surface area contributed by atoms with Crippen molar-refractivity contribution in [1.82, 2.24) is 0 Å². The van der Waals surface area contributed by atoms with Crippen LogP contribution in [-0.2, 0) is 38.0 Å². The van der Waals surface area contributed by atoms with Gasteiger partial charge in [0.15, 0.2) is 18.7 Å². The molecule has 0 amide bonds. The molecule has 64 heavy (non-hydrogen) atoms. The maximum absolute atomic E-state index is 12.9. The van der Waals surface area contributed by atoms with Gasteiger partial charge in [-0.2, -0.15) is 0 Å². The zero-order chi connectivity index (χ0) is 46.8. The Bertz CT molecular complexity index is 1260. The Labute approximate surface area is 383 Å². The van der Waals surface area contributed by atoms with E-state index in [1.807, 2.05) is 12.2 Å². The Balaban J connectivity index is 1.85. The highest BCUT2D eigenvalue weighted by Crippen LogP contribution is 2.26. The highest BCUT2D eigenvalue weighted by molar-refractivity contribution is 5.70. The Morgan fingerprint density at radius 2 is 0.969 bits per heavy atom. The monoisotopic (exact) mass is 915 g/mol. The Kier molecular flexibility index (Phi) is 33.3. The number of hydrogen-bond donors (Lipinski definition) is 7. The van der Waals surface area contributed by atoms with Crippen molar-refractivity contribution in [2.75, 3.05) is 26.4 Å². The van der Waals surface area contributed by atoms with Gasteiger partial charge in [-0.3, -0.25) is 9.59 Å². The molecule has 2 aliphatic rings. The van der Waals surface area contributed by atoms with E-state index < -0.39 is 99.3 Å². The lowest BCUT2D eigenvalue weighted by molar-refractivity contribution is -0.332. The zero-order valence-electron chi connectivity index (χ0n) is 39.0. The first kappa shape index (κ1) is 57.8. The molecule has 2 aliphatic heterocycles. The van der Waals surface area contributed by atoms with Crippen molar-refractivity contribution < 1.29 is 73.8 Å². The molecule has 7 N–H and O–H groups in total. The van der Waals surface area contributed by atoms with Gasteiger partial charge in [-0.05, 0) is 57.8 Å². The number of aliphatic hydroxyl groups excluding tert-OH is 7. The molecule has 0 aromatic carbocycles. The van der Waals surface area contributed by atoms with Crippen LogP contribution in [0.15, 0.2) is 36.5 Å². The molecule has 2 rings (SSSR count). The lowest BCUT2D eigenvalue weighted by Crippen LogP contribution is -2.61. The topological polar surface area (TPSA) is 231 Å². The number of esters is 2. The summed E-state index contributed by atoms with van der Waals surface area (Å²) in [6.07, 6.45) is 20.5. The summed E-state index contributed by atoms with van der Waals surface area (Å²) in [5, 5.41) is 71.9. The van der Waals surface area contributed by atoms with E-state index in [0.29, 0.717) is 12.8 Å². The maximum atomic E-state index is 12.9. The first-order chi connectivity index (χ1) is 31.0. The van der Waals surface area contributed by atoms with Crippen LogP contribution in [0.4, 0.5) is 0 Å². The van der Waals surface area contributed by atoms with E-state index >= 15 is 0 Å². The van der Waals surface area contributed by atoms with E-state index in [0.717, 1.165) is 44.9 Å². The summed E-state index contributed by atoms with van der Waals surface area (Å²) in [5.41, 5.74) is 0. The molecule has 0 saturated carbocycles. The van der Waals surface area contributed by atoms with Crippen LogP contribution < -0.4 is 0 Å². The maximum Gasteiger partial charge on any atom is 0.306 e. The van der Waals surface area contributed by atoms with E-state index in [4.69, 9.17) is 28.4 Å². The molecule has 15 heteroatoms. The van der Waals surface area contributed by atoms with Crippen molar-refractivity contribution in [3.63, 3.8) is 0 Å². The second-order valence-corrected chi connectivity index (χ2v) is 17.3. The third kappa shape index (κ3) is 25.0. The summed E-state index contributed by atoms with van der Waals surface area (Å²) in [5.74, 6) is -1.01. The van der Waals surface area contributed by atoms with Gasteiger partial charge in [-0.1, -0.05) is 134 Å². The summed E-state index contributed by atoms with van der Waals surface area (Å²) < 4.78 is 33.4. The molecular weight excluding hydrogens is 829 g/mol. The molecule has 0 aromatic heterocycles. The van der Waals surface area contributed by atoms with Gasteiger partial charge in [0.1, 0.15) is 55.4 Å². The molecular formula is C49H86O15. The Morgan fingerprint density at radius 1 is 0.500 bits per heavy atom. The van der Waals surface area contributed by atoms with Crippen molar-refractivity contribution in [3.05, 3.63) is 36.5 Å². The van der Waals surface area contributed by atoms with Crippen LogP contribution in [0.1, 0.15) is 168 Å². The van der Waals surface area contributed by atoms with Gasteiger partial charge in [-0.15, -0.1) is 0 Å². The number of unbranched alkanes of at least 4 members (excludes halogenated alkanes) is 17. The molecule has 5 unspecified atom stereocenters. The fourth-order valence-electron chi connectivity index (χ4n) is 7.50. The van der Waals surface area contributed by atoms with Crippen molar-refractivity contribution in [2.24, 2.45) is 0 Å². The van der Waals surface area contributed by atoms with Crippen molar-refractivity contribution in [3.8, 4) is 0 Å². The molecule has 0 radical (unpaired) electrons. The van der Waals surface area contributed by atoms with Gasteiger partial charge < -0.3 is 64.2 Å². The summed E-state index contributed by atoms with van der Waals surface area (Å²) in [7, 11) is 0. The second kappa shape index (κ2) is 36.8. The summed E-state index contributed by atoms with van der Waals surface area (Å²) in [6.45, 7) is 2.49. The van der Waals surface area contributed by atoms with E-state index in [2.05, 4.69) is 38.2 Å². The largest absolute Gasteiger partial charge is 0.462 e. The van der Waals surface area contributed by atoms with Gasteiger partial charge >= 0.3 is 11.9 Å². The first-order valence-corrected chi connectivity index (χ1v) is 24.6. The SMILES string of the molecule is CCCCCC/C=C/CCCCCCCCCC(=O)OCC(CO[C@@H]1O[C@H](CO[C@@H]2O[C@H](CO)[C@H](O)C(O)C2O)[C@H](O)C(O)C1O)OC(=O)CC/C=C/C/C=C/CCCCCCCC. The third-order valence-electron chi connectivity index (χ3n) is 11.6. The molecule has 15 nitrogen and oxygen atoms in total. The predicted octanol–water partition coefficient (Wildman–Crippen LogP) is 6.15. The Hall–Kier alpha value is -2.28. The van der Waals surface area contributed by atoms with Gasteiger partial charge in [0.25, 0.3) is 0 Å². The van der Waals surface area contributed by atoms with E-state index in [-0.39, 0.29) is 19.4 Å². The van der Waals surface area contributed by atoms with E-state index in [9.17, 15) is 45.3 Å². The number of hydrogen-bond acceptors (Lipinski definition) is 15. The highest BCUT2D eigenvalue weighted by atomic mass is 16.7. The quantitative estimate of drug-likeness (QED) is 0.0211. The lowest BCUT2D eigenvalue weighted by Gasteiger charge is -2.42. The van der Waals surface area contributed by atoms with Gasteiger partial charge in [0.2, 0.25) is 0 Å². The molecule has 11 atom stereocenters. The van der Waals surface area contributed by atoms with Gasteiger partial charge in [-0.25, -0.2) is 0 Å². The summed E-state index contributed by atoms with van der Waals surface area (Å²) in [6, 6.07) is 0. The third-order valence-corrected chi connectivity index (χ3v) is 11.6. The zero-order valence-corrected chi connectivity index (χ0v) is 39.0.